The van der Waals surface area contributed by atoms with Gasteiger partial charge in [-0.3, -0.25) is 4.68 Å². The van der Waals surface area contributed by atoms with Crippen molar-refractivity contribution in [1.29, 1.82) is 0 Å². The van der Waals surface area contributed by atoms with Crippen LogP contribution in [0.2, 0.25) is 0 Å². The van der Waals surface area contributed by atoms with Crippen molar-refractivity contribution in [3.05, 3.63) is 17.5 Å². The number of nitrogens with one attached hydrogen (secondary N) is 1. The third-order valence-electron chi connectivity index (χ3n) is 6.14. The average Bonchev–Trinajstić information content (AvgIpc) is 3.07. The van der Waals surface area contributed by atoms with Crippen LogP contribution in [0.25, 0.3) is 0 Å². The van der Waals surface area contributed by atoms with Crippen molar-refractivity contribution < 1.29 is 9.47 Å². The minimum absolute atomic E-state index is 0.128. The molecule has 3 aliphatic rings. The second-order valence-electron chi connectivity index (χ2n) is 8.09. The van der Waals surface area contributed by atoms with Crippen molar-refractivity contribution in [2.75, 3.05) is 32.9 Å². The highest BCUT2D eigenvalue weighted by atomic mass is 16.5. The Labute approximate surface area is 151 Å². The summed E-state index contributed by atoms with van der Waals surface area (Å²) in [5, 5.41) is 8.57. The third-order valence-corrected chi connectivity index (χ3v) is 6.14. The maximum absolute atomic E-state index is 6.04. The Kier molecular flexibility index (Phi) is 6.06. The van der Waals surface area contributed by atoms with Gasteiger partial charge in [-0.05, 0) is 56.0 Å². The molecule has 0 amide bonds. The second kappa shape index (κ2) is 8.65. The van der Waals surface area contributed by atoms with Crippen molar-refractivity contribution in [3.8, 4) is 0 Å². The van der Waals surface area contributed by atoms with Crippen LogP contribution >= 0.6 is 0 Å². The van der Waals surface area contributed by atoms with E-state index in [-0.39, 0.29) is 6.10 Å². The molecule has 25 heavy (non-hydrogen) atoms. The molecule has 1 saturated carbocycles. The van der Waals surface area contributed by atoms with E-state index < -0.39 is 0 Å². The lowest BCUT2D eigenvalue weighted by molar-refractivity contribution is 0.0382. The van der Waals surface area contributed by atoms with Crippen LogP contribution in [-0.4, -0.2) is 42.7 Å². The van der Waals surface area contributed by atoms with Gasteiger partial charge < -0.3 is 14.8 Å². The molecule has 5 nitrogen and oxygen atoms in total. The van der Waals surface area contributed by atoms with Gasteiger partial charge in [0.2, 0.25) is 0 Å². The minimum atomic E-state index is 0.128. The smallest absolute Gasteiger partial charge is 0.114 e. The van der Waals surface area contributed by atoms with Gasteiger partial charge in [-0.15, -0.1) is 0 Å². The Balaban J connectivity index is 1.31. The molecule has 0 radical (unpaired) electrons. The minimum Gasteiger partial charge on any atom is -0.381 e. The molecule has 1 aliphatic carbocycles. The van der Waals surface area contributed by atoms with Crippen LogP contribution in [0.1, 0.15) is 62.3 Å². The fourth-order valence-corrected chi connectivity index (χ4v) is 4.58. The first-order valence-electron chi connectivity index (χ1n) is 10.3. The molecule has 1 saturated heterocycles. The molecular formula is C20H33N3O2. The fraction of sp³-hybridized carbons (Fsp3) is 0.850. The molecule has 1 aromatic heterocycles. The number of nitrogens with zero attached hydrogens (tertiary/aromatic N) is 2. The fourth-order valence-electron chi connectivity index (χ4n) is 4.58. The Morgan fingerprint density at radius 3 is 2.68 bits per heavy atom. The van der Waals surface area contributed by atoms with Crippen molar-refractivity contribution in [1.82, 2.24) is 15.1 Å². The van der Waals surface area contributed by atoms with Crippen LogP contribution in [0.15, 0.2) is 6.20 Å². The van der Waals surface area contributed by atoms with Gasteiger partial charge in [0.05, 0.1) is 12.3 Å². The molecule has 0 aromatic carbocycles. The lowest BCUT2D eigenvalue weighted by atomic mass is 9.89. The van der Waals surface area contributed by atoms with E-state index in [1.165, 1.54) is 43.4 Å². The van der Waals surface area contributed by atoms with E-state index in [9.17, 15) is 0 Å². The summed E-state index contributed by atoms with van der Waals surface area (Å²) in [6, 6.07) is 0. The average molecular weight is 348 g/mol. The quantitative estimate of drug-likeness (QED) is 0.859. The summed E-state index contributed by atoms with van der Waals surface area (Å²) in [5.74, 6) is 1.57. The summed E-state index contributed by atoms with van der Waals surface area (Å²) in [4.78, 5) is 0. The van der Waals surface area contributed by atoms with Crippen LogP contribution in [-0.2, 0) is 22.4 Å². The summed E-state index contributed by atoms with van der Waals surface area (Å²) < 4.78 is 13.7. The molecule has 3 heterocycles. The van der Waals surface area contributed by atoms with Gasteiger partial charge in [0.25, 0.3) is 0 Å². The van der Waals surface area contributed by atoms with E-state index in [1.807, 2.05) is 0 Å². The van der Waals surface area contributed by atoms with Gasteiger partial charge in [-0.2, -0.15) is 5.10 Å². The molecule has 1 N–H and O–H groups in total. The van der Waals surface area contributed by atoms with Crippen molar-refractivity contribution in [2.45, 2.75) is 64.0 Å². The lowest BCUT2D eigenvalue weighted by Gasteiger charge is -2.25. The zero-order valence-electron chi connectivity index (χ0n) is 15.4. The Morgan fingerprint density at radius 2 is 1.84 bits per heavy atom. The molecule has 2 aliphatic heterocycles. The number of rotatable bonds is 6. The highest BCUT2D eigenvalue weighted by molar-refractivity contribution is 5.22. The van der Waals surface area contributed by atoms with Gasteiger partial charge in [0, 0.05) is 32.5 Å². The van der Waals surface area contributed by atoms with E-state index in [0.29, 0.717) is 5.92 Å². The van der Waals surface area contributed by atoms with Crippen molar-refractivity contribution in [2.24, 2.45) is 11.8 Å². The number of hydrogen-bond donors (Lipinski definition) is 1. The standard InChI is InChI=1S/C20H33N3O2/c1-2-4-16(5-3-1)12-21-13-19-20-18(8-11-25-19)15-23(22-20)14-17-6-9-24-10-7-17/h15-17,19,21H,1-14H2/t19-/m1/s1. The molecule has 0 bridgehead atoms. The number of hydrogen-bond acceptors (Lipinski definition) is 4. The van der Waals surface area contributed by atoms with Crippen LogP contribution in [0.5, 0.6) is 0 Å². The van der Waals surface area contributed by atoms with Crippen molar-refractivity contribution in [3.63, 3.8) is 0 Å². The zero-order valence-corrected chi connectivity index (χ0v) is 15.4. The summed E-state index contributed by atoms with van der Waals surface area (Å²) in [6.45, 7) is 5.70. The molecule has 4 rings (SSSR count). The van der Waals surface area contributed by atoms with Gasteiger partial charge in [-0.25, -0.2) is 0 Å². The molecule has 2 fully saturated rings. The predicted octanol–water partition coefficient (Wildman–Crippen LogP) is 3.09. The van der Waals surface area contributed by atoms with Crippen molar-refractivity contribution >= 4 is 0 Å². The van der Waals surface area contributed by atoms with E-state index in [4.69, 9.17) is 14.6 Å². The van der Waals surface area contributed by atoms with Crippen LogP contribution in [0.3, 0.4) is 0 Å². The molecule has 140 valence electrons. The molecule has 0 unspecified atom stereocenters. The maximum atomic E-state index is 6.04. The monoisotopic (exact) mass is 347 g/mol. The highest BCUT2D eigenvalue weighted by Crippen LogP contribution is 2.27. The van der Waals surface area contributed by atoms with Gasteiger partial charge in [-0.1, -0.05) is 19.3 Å². The van der Waals surface area contributed by atoms with E-state index in [0.717, 1.165) is 64.6 Å². The maximum Gasteiger partial charge on any atom is 0.114 e. The number of ether oxygens (including phenoxy) is 2. The normalized spacial score (nSPS) is 25.8. The molecular weight excluding hydrogens is 314 g/mol. The largest absolute Gasteiger partial charge is 0.381 e. The SMILES string of the molecule is c1c2c(nn1CC1CCOCC1)[C@@H](CNCC1CCCCC1)OCC2. The number of aromatic nitrogens is 2. The lowest BCUT2D eigenvalue weighted by Crippen LogP contribution is -2.31. The van der Waals surface area contributed by atoms with E-state index >= 15 is 0 Å². The van der Waals surface area contributed by atoms with Gasteiger partial charge in [0.1, 0.15) is 6.10 Å². The van der Waals surface area contributed by atoms with E-state index in [1.54, 1.807) is 0 Å². The third kappa shape index (κ3) is 4.63. The van der Waals surface area contributed by atoms with Crippen LogP contribution < -0.4 is 5.32 Å². The molecule has 5 heteroatoms. The highest BCUT2D eigenvalue weighted by Gasteiger charge is 2.26. The Bertz CT molecular complexity index is 533. The summed E-state index contributed by atoms with van der Waals surface area (Å²) in [7, 11) is 0. The Morgan fingerprint density at radius 1 is 1.00 bits per heavy atom. The molecule has 0 spiro atoms. The van der Waals surface area contributed by atoms with E-state index in [2.05, 4.69) is 16.2 Å². The summed E-state index contributed by atoms with van der Waals surface area (Å²) in [5.41, 5.74) is 2.57. The summed E-state index contributed by atoms with van der Waals surface area (Å²) in [6.07, 6.45) is 12.7. The Hall–Kier alpha value is -0.910. The molecule has 1 aromatic rings. The topological polar surface area (TPSA) is 48.3 Å². The molecule has 1 atom stereocenters. The van der Waals surface area contributed by atoms with Crippen LogP contribution in [0.4, 0.5) is 0 Å². The first kappa shape index (κ1) is 17.5. The first-order valence-corrected chi connectivity index (χ1v) is 10.3. The first-order chi connectivity index (χ1) is 12.4. The second-order valence-corrected chi connectivity index (χ2v) is 8.09. The summed E-state index contributed by atoms with van der Waals surface area (Å²) >= 11 is 0. The van der Waals surface area contributed by atoms with Gasteiger partial charge in [0.15, 0.2) is 0 Å². The van der Waals surface area contributed by atoms with Crippen LogP contribution in [0, 0.1) is 11.8 Å². The zero-order chi connectivity index (χ0) is 16.9. The number of fused-ring (bicyclic) bond motifs is 1. The van der Waals surface area contributed by atoms with Gasteiger partial charge >= 0.3 is 0 Å². The predicted molar refractivity (Wildman–Crippen MR) is 97.6 cm³/mol.